The van der Waals surface area contributed by atoms with E-state index in [4.69, 9.17) is 4.74 Å². The number of hydrogen-bond acceptors (Lipinski definition) is 5. The molecule has 1 aromatic heterocycles. The molecule has 0 saturated heterocycles. The van der Waals surface area contributed by atoms with Crippen LogP contribution in [0.4, 0.5) is 13.2 Å². The van der Waals surface area contributed by atoms with Crippen LogP contribution in [0, 0.1) is 0 Å². The zero-order chi connectivity index (χ0) is 21.2. The third kappa shape index (κ3) is 3.51. The fourth-order valence-electron chi connectivity index (χ4n) is 3.09. The van der Waals surface area contributed by atoms with Crippen molar-refractivity contribution in [2.45, 2.75) is 18.7 Å². The van der Waals surface area contributed by atoms with Crippen LogP contribution < -0.4 is 4.74 Å². The molecule has 29 heavy (non-hydrogen) atoms. The van der Waals surface area contributed by atoms with Gasteiger partial charge in [0.2, 0.25) is 0 Å². The van der Waals surface area contributed by atoms with Crippen LogP contribution in [0.15, 0.2) is 54.6 Å². The number of nitrogens with zero attached hydrogens (tertiary/aromatic N) is 1. The third-order valence-corrected chi connectivity index (χ3v) is 4.47. The average molecular weight is 405 g/mol. The van der Waals surface area contributed by atoms with Crippen molar-refractivity contribution >= 4 is 16.9 Å². The van der Waals surface area contributed by atoms with Gasteiger partial charge in [-0.25, -0.2) is 9.78 Å². The topological polar surface area (TPSA) is 68.7 Å². The Morgan fingerprint density at radius 1 is 1.07 bits per heavy atom. The van der Waals surface area contributed by atoms with E-state index < -0.39 is 23.3 Å². The molecule has 152 valence electrons. The Bertz CT molecular complexity index is 1050. The summed E-state index contributed by atoms with van der Waals surface area (Å²) in [4.78, 5) is 16.7. The second-order valence-electron chi connectivity index (χ2n) is 6.20. The first-order chi connectivity index (χ1) is 13.7. The molecule has 2 aromatic carbocycles. The predicted octanol–water partition coefficient (Wildman–Crippen LogP) is 4.22. The lowest BCUT2D eigenvalue weighted by Crippen LogP contribution is -2.50. The van der Waals surface area contributed by atoms with Crippen molar-refractivity contribution in [3.8, 4) is 17.0 Å². The van der Waals surface area contributed by atoms with Gasteiger partial charge in [0.15, 0.2) is 0 Å². The summed E-state index contributed by atoms with van der Waals surface area (Å²) in [5, 5.41) is 11.4. The molecule has 0 aliphatic carbocycles. The molecular formula is C21H18F3NO4. The lowest BCUT2D eigenvalue weighted by atomic mass is 9.87. The van der Waals surface area contributed by atoms with Gasteiger partial charge in [0, 0.05) is 16.5 Å². The number of pyridine rings is 1. The zero-order valence-corrected chi connectivity index (χ0v) is 15.7. The Hall–Kier alpha value is -3.13. The minimum Gasteiger partial charge on any atom is -0.496 e. The SMILES string of the molecule is CCOC(=O)C(O)(c1cccc(OC)c1-c1ccc2ccccc2n1)C(F)(F)F. The molecule has 5 nitrogen and oxygen atoms in total. The molecular weight excluding hydrogens is 387 g/mol. The molecule has 3 rings (SSSR count). The van der Waals surface area contributed by atoms with E-state index in [-0.39, 0.29) is 23.6 Å². The summed E-state index contributed by atoms with van der Waals surface area (Å²) in [6.07, 6.45) is -5.34. The molecule has 8 heteroatoms. The zero-order valence-electron chi connectivity index (χ0n) is 15.7. The van der Waals surface area contributed by atoms with Gasteiger partial charge < -0.3 is 14.6 Å². The number of aliphatic hydroxyl groups is 1. The highest BCUT2D eigenvalue weighted by Gasteiger charge is 2.63. The van der Waals surface area contributed by atoms with Crippen molar-refractivity contribution < 1.29 is 32.5 Å². The number of methoxy groups -OCH3 is 1. The number of ether oxygens (including phenoxy) is 2. The highest BCUT2D eigenvalue weighted by atomic mass is 19.4. The van der Waals surface area contributed by atoms with Crippen LogP contribution in [0.3, 0.4) is 0 Å². The molecule has 0 aliphatic heterocycles. The van der Waals surface area contributed by atoms with Crippen LogP contribution in [0.2, 0.25) is 0 Å². The first-order valence-electron chi connectivity index (χ1n) is 8.74. The first-order valence-corrected chi connectivity index (χ1v) is 8.74. The van der Waals surface area contributed by atoms with Gasteiger partial charge in [0.05, 0.1) is 24.9 Å². The number of rotatable bonds is 5. The Morgan fingerprint density at radius 2 is 1.79 bits per heavy atom. The fraction of sp³-hybridized carbons (Fsp3) is 0.238. The summed E-state index contributed by atoms with van der Waals surface area (Å²) in [6.45, 7) is 1.02. The fourth-order valence-corrected chi connectivity index (χ4v) is 3.09. The summed E-state index contributed by atoms with van der Waals surface area (Å²) >= 11 is 0. The highest BCUT2D eigenvalue weighted by molar-refractivity contribution is 5.89. The number of aromatic nitrogens is 1. The minimum absolute atomic E-state index is 0.0252. The van der Waals surface area contributed by atoms with Crippen molar-refractivity contribution in [1.82, 2.24) is 4.98 Å². The molecule has 1 N–H and O–H groups in total. The molecule has 0 saturated carbocycles. The Labute approximate surface area is 164 Å². The van der Waals surface area contributed by atoms with E-state index in [9.17, 15) is 23.1 Å². The van der Waals surface area contributed by atoms with Gasteiger partial charge in [0.1, 0.15) is 5.75 Å². The summed E-state index contributed by atoms with van der Waals surface area (Å²) in [6, 6.07) is 13.9. The number of hydrogen-bond donors (Lipinski definition) is 1. The summed E-state index contributed by atoms with van der Waals surface area (Å²) in [5.41, 5.74) is -4.10. The third-order valence-electron chi connectivity index (χ3n) is 4.47. The van der Waals surface area contributed by atoms with E-state index in [2.05, 4.69) is 9.72 Å². The number of benzene rings is 2. The second kappa shape index (κ2) is 7.71. The maximum atomic E-state index is 13.9. The van der Waals surface area contributed by atoms with E-state index in [1.54, 1.807) is 30.3 Å². The molecule has 1 unspecified atom stereocenters. The van der Waals surface area contributed by atoms with Crippen molar-refractivity contribution in [2.24, 2.45) is 0 Å². The van der Waals surface area contributed by atoms with E-state index in [1.807, 2.05) is 0 Å². The molecule has 0 amide bonds. The van der Waals surface area contributed by atoms with Crippen molar-refractivity contribution in [3.63, 3.8) is 0 Å². The number of para-hydroxylation sites is 1. The van der Waals surface area contributed by atoms with E-state index >= 15 is 0 Å². The van der Waals surface area contributed by atoms with Gasteiger partial charge in [-0.2, -0.15) is 13.2 Å². The number of carbonyl (C=O) groups is 1. The van der Waals surface area contributed by atoms with Crippen LogP contribution >= 0.6 is 0 Å². The smallest absolute Gasteiger partial charge is 0.432 e. The summed E-state index contributed by atoms with van der Waals surface area (Å²) < 4.78 is 51.6. The lowest BCUT2D eigenvalue weighted by Gasteiger charge is -2.30. The van der Waals surface area contributed by atoms with Crippen molar-refractivity contribution in [3.05, 3.63) is 60.2 Å². The lowest BCUT2D eigenvalue weighted by molar-refractivity contribution is -0.267. The van der Waals surface area contributed by atoms with Crippen LogP contribution in [0.25, 0.3) is 22.2 Å². The summed E-state index contributed by atoms with van der Waals surface area (Å²) in [5.74, 6) is -1.79. The molecule has 0 bridgehead atoms. The molecule has 0 radical (unpaired) electrons. The first kappa shape index (κ1) is 20.6. The quantitative estimate of drug-likeness (QED) is 0.644. The monoisotopic (exact) mass is 405 g/mol. The molecule has 0 aliphatic rings. The number of fused-ring (bicyclic) bond motifs is 1. The molecule has 1 heterocycles. The van der Waals surface area contributed by atoms with Gasteiger partial charge in [-0.15, -0.1) is 0 Å². The Morgan fingerprint density at radius 3 is 2.45 bits per heavy atom. The standard InChI is InChI=1S/C21H18F3NO4/c1-3-29-19(26)20(27,21(22,23)24)14-8-6-10-17(28-2)18(14)16-12-11-13-7-4-5-9-15(13)25-16/h4-12,27H,3H2,1-2H3. The number of alkyl halides is 3. The Kier molecular flexibility index (Phi) is 5.48. The van der Waals surface area contributed by atoms with Crippen molar-refractivity contribution in [2.75, 3.05) is 13.7 Å². The average Bonchev–Trinajstić information content (AvgIpc) is 2.71. The second-order valence-corrected chi connectivity index (χ2v) is 6.20. The van der Waals surface area contributed by atoms with Crippen molar-refractivity contribution in [1.29, 1.82) is 0 Å². The van der Waals surface area contributed by atoms with Gasteiger partial charge in [-0.1, -0.05) is 36.4 Å². The van der Waals surface area contributed by atoms with Gasteiger partial charge in [0.25, 0.3) is 5.60 Å². The van der Waals surface area contributed by atoms with Gasteiger partial charge in [-0.3, -0.25) is 0 Å². The number of halogens is 3. The Balaban J connectivity index is 2.33. The molecule has 0 fully saturated rings. The van der Waals surface area contributed by atoms with Gasteiger partial charge in [-0.05, 0) is 25.1 Å². The van der Waals surface area contributed by atoms with E-state index in [0.717, 1.165) is 11.5 Å². The molecule has 1 atom stereocenters. The van der Waals surface area contributed by atoms with E-state index in [1.165, 1.54) is 32.2 Å². The maximum absolute atomic E-state index is 13.9. The van der Waals surface area contributed by atoms with Crippen LogP contribution in [-0.4, -0.2) is 36.0 Å². The van der Waals surface area contributed by atoms with Crippen LogP contribution in [0.5, 0.6) is 5.75 Å². The largest absolute Gasteiger partial charge is 0.496 e. The van der Waals surface area contributed by atoms with Crippen LogP contribution in [-0.2, 0) is 15.1 Å². The molecule has 3 aromatic rings. The molecule has 0 spiro atoms. The predicted molar refractivity (Wildman–Crippen MR) is 100 cm³/mol. The van der Waals surface area contributed by atoms with E-state index in [0.29, 0.717) is 5.52 Å². The number of carbonyl (C=O) groups excluding carboxylic acids is 1. The minimum atomic E-state index is -5.34. The summed E-state index contributed by atoms with van der Waals surface area (Å²) in [7, 11) is 1.28. The highest BCUT2D eigenvalue weighted by Crippen LogP contribution is 2.46. The maximum Gasteiger partial charge on any atom is 0.432 e. The van der Waals surface area contributed by atoms with Crippen LogP contribution in [0.1, 0.15) is 12.5 Å². The number of esters is 1. The van der Waals surface area contributed by atoms with Gasteiger partial charge >= 0.3 is 12.1 Å². The normalized spacial score (nSPS) is 13.7.